The van der Waals surface area contributed by atoms with Crippen LogP contribution >= 0.6 is 0 Å². The van der Waals surface area contributed by atoms with Crippen molar-refractivity contribution < 1.29 is 9.53 Å². The van der Waals surface area contributed by atoms with Gasteiger partial charge in [-0.05, 0) is 27.7 Å². The Hall–Kier alpha value is -2.12. The number of ether oxygens (including phenoxy) is 1. The molecule has 1 amide bonds. The first-order chi connectivity index (χ1) is 10.0. The van der Waals surface area contributed by atoms with Gasteiger partial charge in [0.1, 0.15) is 6.04 Å². The van der Waals surface area contributed by atoms with E-state index in [1.807, 2.05) is 32.6 Å². The molecule has 0 saturated carbocycles. The summed E-state index contributed by atoms with van der Waals surface area (Å²) in [5.41, 5.74) is 0. The van der Waals surface area contributed by atoms with Gasteiger partial charge < -0.3 is 20.3 Å². The van der Waals surface area contributed by atoms with Crippen LogP contribution in [0, 0.1) is 0 Å². The number of nitrogens with zero attached hydrogens (tertiary/aromatic N) is 4. The average Bonchev–Trinajstić information content (AvgIpc) is 2.41. The minimum atomic E-state index is -0.317. The van der Waals surface area contributed by atoms with Crippen molar-refractivity contribution in [3.8, 4) is 6.01 Å². The highest BCUT2D eigenvalue weighted by atomic mass is 16.5. The quantitative estimate of drug-likeness (QED) is 0.812. The zero-order valence-corrected chi connectivity index (χ0v) is 12.9. The third kappa shape index (κ3) is 3.71. The first-order valence-electron chi connectivity index (χ1n) is 7.22. The lowest BCUT2D eigenvalue weighted by atomic mass is 10.2. The average molecular weight is 294 g/mol. The van der Waals surface area contributed by atoms with Crippen molar-refractivity contribution in [2.45, 2.75) is 39.8 Å². The summed E-state index contributed by atoms with van der Waals surface area (Å²) in [5, 5.41) is 5.88. The summed E-state index contributed by atoms with van der Waals surface area (Å²) < 4.78 is 5.57. The van der Waals surface area contributed by atoms with Gasteiger partial charge in [-0.15, -0.1) is 0 Å². The Kier molecular flexibility index (Phi) is 4.77. The molecule has 2 heterocycles. The molecule has 1 aliphatic rings. The first kappa shape index (κ1) is 15.3. The molecule has 1 aromatic heterocycles. The molecule has 2 rings (SSSR count). The molecule has 1 fully saturated rings. The molecular weight excluding hydrogens is 272 g/mol. The third-order valence-electron chi connectivity index (χ3n) is 3.03. The summed E-state index contributed by atoms with van der Waals surface area (Å²) in [7, 11) is 0. The summed E-state index contributed by atoms with van der Waals surface area (Å²) in [4.78, 5) is 26.6. The molecule has 116 valence electrons. The van der Waals surface area contributed by atoms with E-state index in [2.05, 4.69) is 25.6 Å². The van der Waals surface area contributed by atoms with Gasteiger partial charge in [-0.25, -0.2) is 0 Å². The number of amides is 1. The fourth-order valence-electron chi connectivity index (χ4n) is 2.03. The summed E-state index contributed by atoms with van der Waals surface area (Å²) in [6.07, 6.45) is -0.0307. The van der Waals surface area contributed by atoms with E-state index in [1.165, 1.54) is 0 Å². The Morgan fingerprint density at radius 2 is 2.19 bits per heavy atom. The second-order valence-corrected chi connectivity index (χ2v) is 5.10. The van der Waals surface area contributed by atoms with Crippen LogP contribution in [-0.2, 0) is 4.79 Å². The van der Waals surface area contributed by atoms with Crippen LogP contribution < -0.4 is 20.3 Å². The second kappa shape index (κ2) is 6.55. The van der Waals surface area contributed by atoms with E-state index in [-0.39, 0.29) is 24.1 Å². The lowest BCUT2D eigenvalue weighted by Crippen LogP contribution is -2.54. The van der Waals surface area contributed by atoms with Crippen LogP contribution in [0.3, 0.4) is 0 Å². The zero-order valence-electron chi connectivity index (χ0n) is 12.9. The van der Waals surface area contributed by atoms with Crippen LogP contribution in [0.15, 0.2) is 0 Å². The standard InChI is InChI=1S/C13H22N6O2/c1-5-14-11-16-12(18-13(17-11)21-8(2)3)19-7-6-15-10(20)9(19)4/h8-9H,5-7H2,1-4H3,(H,15,20)(H,14,16,17,18). The van der Waals surface area contributed by atoms with Crippen LogP contribution in [0.5, 0.6) is 6.01 Å². The molecule has 0 spiro atoms. The molecule has 8 nitrogen and oxygen atoms in total. The predicted octanol–water partition coefficient (Wildman–Crippen LogP) is 0.415. The first-order valence-corrected chi connectivity index (χ1v) is 7.22. The number of carbonyl (C=O) groups is 1. The molecule has 1 saturated heterocycles. The molecular formula is C13H22N6O2. The summed E-state index contributed by atoms with van der Waals surface area (Å²) in [6, 6.07) is -0.0494. The van der Waals surface area contributed by atoms with E-state index >= 15 is 0 Å². The molecule has 0 aliphatic carbocycles. The molecule has 21 heavy (non-hydrogen) atoms. The number of carbonyl (C=O) groups excluding carboxylic acids is 1. The van der Waals surface area contributed by atoms with Gasteiger partial charge in [-0.3, -0.25) is 4.79 Å². The van der Waals surface area contributed by atoms with Gasteiger partial charge in [-0.1, -0.05) is 0 Å². The fraction of sp³-hybridized carbons (Fsp3) is 0.692. The third-order valence-corrected chi connectivity index (χ3v) is 3.03. The number of piperazine rings is 1. The van der Waals surface area contributed by atoms with Gasteiger partial charge in [0.05, 0.1) is 6.10 Å². The van der Waals surface area contributed by atoms with Gasteiger partial charge in [0.2, 0.25) is 17.8 Å². The van der Waals surface area contributed by atoms with Crippen molar-refractivity contribution in [2.75, 3.05) is 29.9 Å². The van der Waals surface area contributed by atoms with Crippen LogP contribution in [0.25, 0.3) is 0 Å². The highest BCUT2D eigenvalue weighted by molar-refractivity contribution is 5.85. The van der Waals surface area contributed by atoms with Crippen molar-refractivity contribution in [3.05, 3.63) is 0 Å². The van der Waals surface area contributed by atoms with Gasteiger partial charge >= 0.3 is 6.01 Å². The van der Waals surface area contributed by atoms with Crippen LogP contribution in [0.1, 0.15) is 27.7 Å². The molecule has 0 aromatic carbocycles. The maximum absolute atomic E-state index is 11.8. The Morgan fingerprint density at radius 1 is 1.43 bits per heavy atom. The van der Waals surface area contributed by atoms with Gasteiger partial charge in [0.25, 0.3) is 0 Å². The van der Waals surface area contributed by atoms with E-state index in [0.717, 1.165) is 0 Å². The minimum Gasteiger partial charge on any atom is -0.461 e. The predicted molar refractivity (Wildman–Crippen MR) is 79.6 cm³/mol. The van der Waals surface area contributed by atoms with Crippen LogP contribution in [0.4, 0.5) is 11.9 Å². The van der Waals surface area contributed by atoms with Crippen molar-refractivity contribution >= 4 is 17.8 Å². The largest absolute Gasteiger partial charge is 0.461 e. The Labute approximate surface area is 124 Å². The molecule has 1 aromatic rings. The molecule has 1 aliphatic heterocycles. The number of rotatable bonds is 5. The van der Waals surface area contributed by atoms with Crippen molar-refractivity contribution in [3.63, 3.8) is 0 Å². The molecule has 0 radical (unpaired) electrons. The Morgan fingerprint density at radius 3 is 2.86 bits per heavy atom. The number of hydrogen-bond acceptors (Lipinski definition) is 7. The van der Waals surface area contributed by atoms with E-state index in [9.17, 15) is 4.79 Å². The van der Waals surface area contributed by atoms with E-state index in [1.54, 1.807) is 0 Å². The van der Waals surface area contributed by atoms with Crippen molar-refractivity contribution in [1.82, 2.24) is 20.3 Å². The number of hydrogen-bond donors (Lipinski definition) is 2. The minimum absolute atomic E-state index is 0.0296. The van der Waals surface area contributed by atoms with Crippen LogP contribution in [0.2, 0.25) is 0 Å². The van der Waals surface area contributed by atoms with Crippen LogP contribution in [-0.4, -0.2) is 52.6 Å². The van der Waals surface area contributed by atoms with E-state index in [4.69, 9.17) is 4.74 Å². The smallest absolute Gasteiger partial charge is 0.323 e. The molecule has 2 N–H and O–H groups in total. The van der Waals surface area contributed by atoms with Gasteiger partial charge in [0.15, 0.2) is 0 Å². The summed E-state index contributed by atoms with van der Waals surface area (Å²) in [6.45, 7) is 9.54. The van der Waals surface area contributed by atoms with Gasteiger partial charge in [-0.2, -0.15) is 15.0 Å². The molecule has 8 heteroatoms. The fourth-order valence-corrected chi connectivity index (χ4v) is 2.03. The second-order valence-electron chi connectivity index (χ2n) is 5.10. The maximum Gasteiger partial charge on any atom is 0.323 e. The van der Waals surface area contributed by atoms with Crippen molar-refractivity contribution in [2.24, 2.45) is 0 Å². The van der Waals surface area contributed by atoms with Crippen molar-refractivity contribution in [1.29, 1.82) is 0 Å². The lowest BCUT2D eigenvalue weighted by molar-refractivity contribution is -0.122. The number of anilines is 2. The summed E-state index contributed by atoms with van der Waals surface area (Å²) >= 11 is 0. The monoisotopic (exact) mass is 294 g/mol. The zero-order chi connectivity index (χ0) is 15.4. The molecule has 1 atom stereocenters. The summed E-state index contributed by atoms with van der Waals surface area (Å²) in [5.74, 6) is 0.883. The lowest BCUT2D eigenvalue weighted by Gasteiger charge is -2.32. The highest BCUT2D eigenvalue weighted by Crippen LogP contribution is 2.19. The molecule has 0 bridgehead atoms. The maximum atomic E-state index is 11.8. The van der Waals surface area contributed by atoms with E-state index in [0.29, 0.717) is 31.5 Å². The number of nitrogens with one attached hydrogen (secondary N) is 2. The Bertz CT molecular complexity index is 507. The Balaban J connectivity index is 2.32. The topological polar surface area (TPSA) is 92.3 Å². The highest BCUT2D eigenvalue weighted by Gasteiger charge is 2.28. The SMILES string of the molecule is CCNc1nc(OC(C)C)nc(N2CCNC(=O)C2C)n1. The van der Waals surface area contributed by atoms with Gasteiger partial charge in [0, 0.05) is 19.6 Å². The molecule has 1 unspecified atom stereocenters. The number of aromatic nitrogens is 3. The van der Waals surface area contributed by atoms with E-state index < -0.39 is 0 Å². The normalized spacial score (nSPS) is 18.6.